The van der Waals surface area contributed by atoms with Gasteiger partial charge in [-0.15, -0.1) is 0 Å². The van der Waals surface area contributed by atoms with E-state index in [1.165, 1.54) is 13.3 Å². The summed E-state index contributed by atoms with van der Waals surface area (Å²) in [5, 5.41) is 11.1. The Balaban J connectivity index is 2.28. The number of nitrogens with two attached hydrogens (primary N) is 1. The third-order valence-electron chi connectivity index (χ3n) is 3.50. The molecule has 3 N–H and O–H groups in total. The van der Waals surface area contributed by atoms with Gasteiger partial charge in [-0.25, -0.2) is 10.8 Å². The van der Waals surface area contributed by atoms with Crippen molar-refractivity contribution in [1.82, 2.24) is 9.97 Å². The van der Waals surface area contributed by atoms with Crippen LogP contribution >= 0.6 is 0 Å². The number of nitro groups is 1. The number of hydrogen-bond donors (Lipinski definition) is 2. The lowest BCUT2D eigenvalue weighted by Gasteiger charge is -2.26. The molecule has 1 heterocycles. The van der Waals surface area contributed by atoms with Gasteiger partial charge in [0.05, 0.1) is 4.92 Å². The number of anilines is 1. The third kappa shape index (κ3) is 3.13. The largest absolute Gasteiger partial charge is 0.469 e. The minimum absolute atomic E-state index is 0.00505. The number of nitrogen functional groups attached to an aromatic ring is 1. The molecule has 0 aromatic carbocycles. The number of nitrogens with zero attached hydrogens (tertiary/aromatic N) is 3. The molecule has 1 aromatic heterocycles. The normalized spacial score (nSPS) is 22.4. The number of aryl methyl sites for hydroxylation is 1. The van der Waals surface area contributed by atoms with Crippen molar-refractivity contribution in [3.05, 3.63) is 15.8 Å². The predicted octanol–water partition coefficient (Wildman–Crippen LogP) is 1.94. The number of nitrogens with one attached hydrogen (secondary N) is 1. The first kappa shape index (κ1) is 14.4. The second-order valence-electron chi connectivity index (χ2n) is 5.20. The smallest absolute Gasteiger partial charge is 0.352 e. The van der Waals surface area contributed by atoms with Crippen LogP contribution in [0.25, 0.3) is 0 Å². The fourth-order valence-corrected chi connectivity index (χ4v) is 2.54. The highest BCUT2D eigenvalue weighted by Crippen LogP contribution is 2.33. The van der Waals surface area contributed by atoms with Crippen molar-refractivity contribution in [3.8, 4) is 5.88 Å². The summed E-state index contributed by atoms with van der Waals surface area (Å²) >= 11 is 0. The van der Waals surface area contributed by atoms with Crippen molar-refractivity contribution in [3.63, 3.8) is 0 Å². The molecule has 0 amide bonds. The summed E-state index contributed by atoms with van der Waals surface area (Å²) in [4.78, 5) is 18.5. The SMILES string of the molecule is Cc1nc(NN)nc(OC2CCCC(C)C2)c1[N+](=O)[O-]. The van der Waals surface area contributed by atoms with E-state index in [0.717, 1.165) is 19.3 Å². The minimum atomic E-state index is -0.517. The number of hydrazine groups is 1. The van der Waals surface area contributed by atoms with E-state index in [9.17, 15) is 10.1 Å². The van der Waals surface area contributed by atoms with Crippen molar-refractivity contribution in [2.24, 2.45) is 11.8 Å². The maximum absolute atomic E-state index is 11.1. The maximum Gasteiger partial charge on any atom is 0.352 e. The quantitative estimate of drug-likeness (QED) is 0.492. The van der Waals surface area contributed by atoms with E-state index in [0.29, 0.717) is 5.92 Å². The molecular weight excluding hydrogens is 262 g/mol. The molecule has 1 aliphatic carbocycles. The Bertz CT molecular complexity index is 508. The van der Waals surface area contributed by atoms with Crippen molar-refractivity contribution in [2.75, 3.05) is 5.43 Å². The molecule has 2 atom stereocenters. The summed E-state index contributed by atoms with van der Waals surface area (Å²) in [5.41, 5.74) is 2.34. The zero-order valence-corrected chi connectivity index (χ0v) is 11.6. The van der Waals surface area contributed by atoms with Crippen molar-refractivity contribution >= 4 is 11.6 Å². The summed E-state index contributed by atoms with van der Waals surface area (Å²) in [6, 6.07) is 0. The van der Waals surface area contributed by atoms with Crippen LogP contribution in [-0.4, -0.2) is 21.0 Å². The number of hydrogen-bond acceptors (Lipinski definition) is 7. The Kier molecular flexibility index (Phi) is 4.33. The second kappa shape index (κ2) is 6.00. The van der Waals surface area contributed by atoms with Crippen LogP contribution in [0.3, 0.4) is 0 Å². The van der Waals surface area contributed by atoms with E-state index in [1.54, 1.807) is 0 Å². The molecule has 8 heteroatoms. The molecule has 0 radical (unpaired) electrons. The first-order chi connectivity index (χ1) is 9.51. The molecule has 1 fully saturated rings. The molecule has 0 bridgehead atoms. The molecule has 1 aromatic rings. The predicted molar refractivity (Wildman–Crippen MR) is 73.3 cm³/mol. The molecule has 1 saturated carbocycles. The van der Waals surface area contributed by atoms with Crippen LogP contribution in [0, 0.1) is 23.0 Å². The zero-order valence-electron chi connectivity index (χ0n) is 11.6. The highest BCUT2D eigenvalue weighted by Gasteiger charge is 2.28. The first-order valence-corrected chi connectivity index (χ1v) is 6.67. The summed E-state index contributed by atoms with van der Waals surface area (Å²) < 4.78 is 5.75. The molecule has 8 nitrogen and oxygen atoms in total. The summed E-state index contributed by atoms with van der Waals surface area (Å²) in [6.07, 6.45) is 3.95. The Labute approximate surface area is 116 Å². The van der Waals surface area contributed by atoms with Gasteiger partial charge in [-0.2, -0.15) is 4.98 Å². The fourth-order valence-electron chi connectivity index (χ4n) is 2.54. The van der Waals surface area contributed by atoms with Gasteiger partial charge in [-0.3, -0.25) is 15.5 Å². The van der Waals surface area contributed by atoms with Crippen molar-refractivity contribution < 1.29 is 9.66 Å². The summed E-state index contributed by atoms with van der Waals surface area (Å²) in [5.74, 6) is 5.94. The second-order valence-corrected chi connectivity index (χ2v) is 5.20. The van der Waals surface area contributed by atoms with Crippen LogP contribution in [-0.2, 0) is 0 Å². The number of aromatic nitrogens is 2. The molecule has 0 aliphatic heterocycles. The van der Waals surface area contributed by atoms with E-state index < -0.39 is 4.92 Å². The molecular formula is C12H19N5O3. The summed E-state index contributed by atoms with van der Waals surface area (Å²) in [7, 11) is 0. The highest BCUT2D eigenvalue weighted by atomic mass is 16.6. The highest BCUT2D eigenvalue weighted by molar-refractivity contribution is 5.48. The third-order valence-corrected chi connectivity index (χ3v) is 3.50. The van der Waals surface area contributed by atoms with Crippen molar-refractivity contribution in [1.29, 1.82) is 0 Å². The lowest BCUT2D eigenvalue weighted by atomic mass is 9.89. The van der Waals surface area contributed by atoms with Crippen LogP contribution < -0.4 is 16.0 Å². The Morgan fingerprint density at radius 2 is 2.20 bits per heavy atom. The van der Waals surface area contributed by atoms with Gasteiger partial charge < -0.3 is 4.74 Å². The standard InChI is InChI=1S/C12H19N5O3/c1-7-4-3-5-9(6-7)20-11-10(17(18)19)8(2)14-12(15-11)16-13/h7,9H,3-6,13H2,1-2H3,(H,14,15,16). The van der Waals surface area contributed by atoms with Gasteiger partial charge in [-0.05, 0) is 32.1 Å². The average molecular weight is 281 g/mol. The Hall–Kier alpha value is -1.96. The van der Waals surface area contributed by atoms with Gasteiger partial charge >= 0.3 is 5.69 Å². The van der Waals surface area contributed by atoms with Gasteiger partial charge in [-0.1, -0.05) is 13.3 Å². The molecule has 2 unspecified atom stereocenters. The number of rotatable bonds is 4. The monoisotopic (exact) mass is 281 g/mol. The molecule has 1 aliphatic rings. The maximum atomic E-state index is 11.1. The van der Waals surface area contributed by atoms with Gasteiger partial charge in [0.25, 0.3) is 5.88 Å². The van der Waals surface area contributed by atoms with Crippen LogP contribution in [0.2, 0.25) is 0 Å². The lowest BCUT2D eigenvalue weighted by molar-refractivity contribution is -0.387. The fraction of sp³-hybridized carbons (Fsp3) is 0.667. The van der Waals surface area contributed by atoms with E-state index in [4.69, 9.17) is 10.6 Å². The van der Waals surface area contributed by atoms with E-state index in [-0.39, 0.29) is 29.3 Å². The summed E-state index contributed by atoms with van der Waals surface area (Å²) in [6.45, 7) is 3.69. The first-order valence-electron chi connectivity index (χ1n) is 6.67. The van der Waals surface area contributed by atoms with E-state index in [1.807, 2.05) is 0 Å². The Morgan fingerprint density at radius 1 is 1.45 bits per heavy atom. The van der Waals surface area contributed by atoms with Crippen LogP contribution in [0.1, 0.15) is 38.3 Å². The average Bonchev–Trinajstić information content (AvgIpc) is 2.37. The molecule has 0 saturated heterocycles. The lowest BCUT2D eigenvalue weighted by Crippen LogP contribution is -2.25. The topological polar surface area (TPSA) is 116 Å². The van der Waals surface area contributed by atoms with E-state index >= 15 is 0 Å². The van der Waals surface area contributed by atoms with E-state index in [2.05, 4.69) is 22.3 Å². The van der Waals surface area contributed by atoms with Gasteiger partial charge in [0.1, 0.15) is 11.8 Å². The Morgan fingerprint density at radius 3 is 2.80 bits per heavy atom. The van der Waals surface area contributed by atoms with Crippen LogP contribution in [0.5, 0.6) is 5.88 Å². The van der Waals surface area contributed by atoms with Gasteiger partial charge in [0.2, 0.25) is 5.95 Å². The van der Waals surface area contributed by atoms with Crippen LogP contribution in [0.4, 0.5) is 11.6 Å². The number of ether oxygens (including phenoxy) is 1. The van der Waals surface area contributed by atoms with Gasteiger partial charge in [0.15, 0.2) is 0 Å². The molecule has 0 spiro atoms. The van der Waals surface area contributed by atoms with Crippen LogP contribution in [0.15, 0.2) is 0 Å². The molecule has 2 rings (SSSR count). The molecule has 20 heavy (non-hydrogen) atoms. The molecule has 110 valence electrons. The van der Waals surface area contributed by atoms with Gasteiger partial charge in [0, 0.05) is 0 Å². The van der Waals surface area contributed by atoms with Crippen molar-refractivity contribution in [2.45, 2.75) is 45.6 Å². The zero-order chi connectivity index (χ0) is 14.7. The minimum Gasteiger partial charge on any atom is -0.469 e.